The van der Waals surface area contributed by atoms with Gasteiger partial charge in [0.15, 0.2) is 5.13 Å². The summed E-state index contributed by atoms with van der Waals surface area (Å²) in [7, 11) is 1.60. The maximum Gasteiger partial charge on any atom is 0.255 e. The molecule has 0 amide bonds. The van der Waals surface area contributed by atoms with Gasteiger partial charge in [0, 0.05) is 12.7 Å². The lowest BCUT2D eigenvalue weighted by molar-refractivity contribution is 0.156. The van der Waals surface area contributed by atoms with Crippen LogP contribution in [0.1, 0.15) is 0 Å². The quantitative estimate of drug-likeness (QED) is 0.842. The van der Waals surface area contributed by atoms with Crippen molar-refractivity contribution in [2.45, 2.75) is 6.43 Å². The fraction of sp³-hybridized carbons (Fsp3) is 0.300. The Kier molecular flexibility index (Phi) is 2.91. The molecule has 16 heavy (non-hydrogen) atoms. The van der Waals surface area contributed by atoms with Gasteiger partial charge in [0.1, 0.15) is 0 Å². The first-order valence-electron chi connectivity index (χ1n) is 4.71. The number of rotatable bonds is 3. The highest BCUT2D eigenvalue weighted by Crippen LogP contribution is 2.29. The Morgan fingerprint density at radius 1 is 1.50 bits per heavy atom. The Morgan fingerprint density at radius 2 is 2.25 bits per heavy atom. The van der Waals surface area contributed by atoms with Crippen molar-refractivity contribution in [3.8, 4) is 0 Å². The smallest absolute Gasteiger partial charge is 0.255 e. The summed E-state index contributed by atoms with van der Waals surface area (Å²) in [6, 6.07) is 5.34. The number of hydrogen-bond donors (Lipinski definition) is 1. The minimum absolute atomic E-state index is 0.310. The first-order chi connectivity index (χ1) is 7.56. The lowest BCUT2D eigenvalue weighted by atomic mass is 10.3. The topological polar surface area (TPSA) is 42.2 Å². The molecule has 0 fully saturated rings. The van der Waals surface area contributed by atoms with Crippen molar-refractivity contribution in [3.63, 3.8) is 0 Å². The van der Waals surface area contributed by atoms with E-state index in [0.717, 1.165) is 10.2 Å². The van der Waals surface area contributed by atoms with Gasteiger partial charge in [-0.1, -0.05) is 11.3 Å². The predicted octanol–water partition coefficient (Wildman–Crippen LogP) is 2.58. The van der Waals surface area contributed by atoms with Crippen molar-refractivity contribution < 1.29 is 8.78 Å². The van der Waals surface area contributed by atoms with Crippen LogP contribution in [0.2, 0.25) is 0 Å². The molecule has 6 heteroatoms. The number of nitrogens with zero attached hydrogens (tertiary/aromatic N) is 2. The summed E-state index contributed by atoms with van der Waals surface area (Å²) in [5.41, 5.74) is 7.07. The molecule has 1 aromatic carbocycles. The molecule has 2 N–H and O–H groups in total. The van der Waals surface area contributed by atoms with Gasteiger partial charge < -0.3 is 10.6 Å². The van der Waals surface area contributed by atoms with Gasteiger partial charge in [-0.25, -0.2) is 13.8 Å². The largest absolute Gasteiger partial charge is 0.399 e. The number of aromatic nitrogens is 1. The third-order valence-electron chi connectivity index (χ3n) is 2.14. The standard InChI is InChI=1S/C10H11F2N3S/c1-15(5-9(11)12)10-14-7-3-2-6(13)4-8(7)16-10/h2-4,9H,5,13H2,1H3. The Balaban J connectivity index is 2.32. The molecule has 1 heterocycles. The third-order valence-corrected chi connectivity index (χ3v) is 3.27. The van der Waals surface area contributed by atoms with Crippen LogP contribution in [0.4, 0.5) is 19.6 Å². The van der Waals surface area contributed by atoms with E-state index in [1.165, 1.54) is 16.2 Å². The second-order valence-electron chi connectivity index (χ2n) is 3.50. The number of anilines is 2. The van der Waals surface area contributed by atoms with Gasteiger partial charge in [-0.3, -0.25) is 0 Å². The van der Waals surface area contributed by atoms with Crippen LogP contribution in [0.25, 0.3) is 10.2 Å². The molecule has 0 radical (unpaired) electrons. The van der Waals surface area contributed by atoms with E-state index < -0.39 is 6.43 Å². The van der Waals surface area contributed by atoms with Gasteiger partial charge in [-0.05, 0) is 18.2 Å². The summed E-state index contributed by atoms with van der Waals surface area (Å²) in [6.45, 7) is -0.310. The molecular formula is C10H11F2N3S. The van der Waals surface area contributed by atoms with Crippen LogP contribution in [0.15, 0.2) is 18.2 Å². The molecule has 86 valence electrons. The van der Waals surface area contributed by atoms with Crippen LogP contribution >= 0.6 is 11.3 Å². The van der Waals surface area contributed by atoms with Crippen LogP contribution in [-0.4, -0.2) is 25.0 Å². The minimum Gasteiger partial charge on any atom is -0.399 e. The van der Waals surface area contributed by atoms with Crippen LogP contribution in [0.3, 0.4) is 0 Å². The zero-order valence-corrected chi connectivity index (χ0v) is 9.47. The van der Waals surface area contributed by atoms with Crippen LogP contribution in [0.5, 0.6) is 0 Å². The first-order valence-corrected chi connectivity index (χ1v) is 5.53. The van der Waals surface area contributed by atoms with Gasteiger partial charge in [0.2, 0.25) is 0 Å². The molecule has 0 saturated heterocycles. The predicted molar refractivity (Wildman–Crippen MR) is 63.3 cm³/mol. The fourth-order valence-electron chi connectivity index (χ4n) is 1.38. The number of nitrogens with two attached hydrogens (primary N) is 1. The maximum absolute atomic E-state index is 12.2. The first kappa shape index (κ1) is 11.1. The van der Waals surface area contributed by atoms with Crippen LogP contribution in [-0.2, 0) is 0 Å². The average molecular weight is 243 g/mol. The van der Waals surface area contributed by atoms with Crippen molar-refractivity contribution >= 4 is 32.4 Å². The fourth-order valence-corrected chi connectivity index (χ4v) is 2.36. The van der Waals surface area contributed by atoms with E-state index in [1.807, 2.05) is 0 Å². The van der Waals surface area contributed by atoms with Gasteiger partial charge in [0.25, 0.3) is 6.43 Å². The summed E-state index contributed by atoms with van der Waals surface area (Å²) in [5.74, 6) is 0. The van der Waals surface area contributed by atoms with Crippen molar-refractivity contribution in [2.75, 3.05) is 24.2 Å². The van der Waals surface area contributed by atoms with Crippen molar-refractivity contribution in [2.24, 2.45) is 0 Å². The molecule has 2 aromatic rings. The number of thiazole rings is 1. The molecule has 0 unspecified atom stereocenters. The number of alkyl halides is 2. The van der Waals surface area contributed by atoms with Gasteiger partial charge in [-0.2, -0.15) is 0 Å². The number of nitrogen functional groups attached to an aromatic ring is 1. The summed E-state index contributed by atoms with van der Waals surface area (Å²) in [6.07, 6.45) is -2.36. The van der Waals surface area contributed by atoms with E-state index in [-0.39, 0.29) is 6.54 Å². The SMILES string of the molecule is CN(CC(F)F)c1nc2ccc(N)cc2s1. The van der Waals surface area contributed by atoms with E-state index >= 15 is 0 Å². The number of fused-ring (bicyclic) bond motifs is 1. The normalized spacial score (nSPS) is 11.2. The third kappa shape index (κ3) is 2.21. The molecule has 0 aliphatic heterocycles. The van der Waals surface area contributed by atoms with Crippen molar-refractivity contribution in [1.29, 1.82) is 0 Å². The Bertz CT molecular complexity index is 498. The molecule has 1 aromatic heterocycles. The highest BCUT2D eigenvalue weighted by Gasteiger charge is 2.12. The molecule has 2 rings (SSSR count). The number of benzene rings is 1. The zero-order valence-electron chi connectivity index (χ0n) is 8.65. The highest BCUT2D eigenvalue weighted by atomic mass is 32.1. The van der Waals surface area contributed by atoms with E-state index in [0.29, 0.717) is 10.8 Å². The summed E-state index contributed by atoms with van der Waals surface area (Å²) >= 11 is 1.36. The van der Waals surface area contributed by atoms with E-state index in [9.17, 15) is 8.78 Å². The van der Waals surface area contributed by atoms with E-state index in [2.05, 4.69) is 4.98 Å². The summed E-state index contributed by atoms with van der Waals surface area (Å²) < 4.78 is 25.3. The van der Waals surface area contributed by atoms with Crippen LogP contribution < -0.4 is 10.6 Å². The molecule has 3 nitrogen and oxygen atoms in total. The molecule has 0 atom stereocenters. The van der Waals surface area contributed by atoms with Crippen molar-refractivity contribution in [1.82, 2.24) is 4.98 Å². The monoisotopic (exact) mass is 243 g/mol. The maximum atomic E-state index is 12.2. The Labute approximate surface area is 95.5 Å². The molecule has 0 aliphatic carbocycles. The molecular weight excluding hydrogens is 232 g/mol. The summed E-state index contributed by atoms with van der Waals surface area (Å²) in [4.78, 5) is 5.71. The molecule has 0 saturated carbocycles. The average Bonchev–Trinajstić information content (AvgIpc) is 2.59. The second kappa shape index (κ2) is 4.21. The van der Waals surface area contributed by atoms with Crippen LogP contribution in [0, 0.1) is 0 Å². The highest BCUT2D eigenvalue weighted by molar-refractivity contribution is 7.22. The summed E-state index contributed by atoms with van der Waals surface area (Å²) in [5, 5.41) is 0.584. The Morgan fingerprint density at radius 3 is 2.94 bits per heavy atom. The van der Waals surface area contributed by atoms with Crippen molar-refractivity contribution in [3.05, 3.63) is 18.2 Å². The molecule has 0 spiro atoms. The number of halogens is 2. The number of hydrogen-bond acceptors (Lipinski definition) is 4. The van der Waals surface area contributed by atoms with Gasteiger partial charge >= 0.3 is 0 Å². The lowest BCUT2D eigenvalue weighted by Crippen LogP contribution is -2.23. The van der Waals surface area contributed by atoms with E-state index in [1.54, 1.807) is 25.2 Å². The molecule has 0 aliphatic rings. The Hall–Kier alpha value is -1.43. The molecule has 0 bridgehead atoms. The van der Waals surface area contributed by atoms with Gasteiger partial charge in [0.05, 0.1) is 16.8 Å². The van der Waals surface area contributed by atoms with Gasteiger partial charge in [-0.15, -0.1) is 0 Å². The zero-order chi connectivity index (χ0) is 11.7. The minimum atomic E-state index is -2.36. The second-order valence-corrected chi connectivity index (χ2v) is 4.50. The van der Waals surface area contributed by atoms with E-state index in [4.69, 9.17) is 5.73 Å². The lowest BCUT2D eigenvalue weighted by Gasteiger charge is -2.13.